The molecule has 0 aromatic heterocycles. The molecule has 0 saturated heterocycles. The van der Waals surface area contributed by atoms with Crippen LogP contribution in [0.5, 0.6) is 0 Å². The van der Waals surface area contributed by atoms with Gasteiger partial charge in [-0.3, -0.25) is 29.4 Å². The second kappa shape index (κ2) is 6.98. The number of nitro groups is 1. The summed E-state index contributed by atoms with van der Waals surface area (Å²) in [5.41, 5.74) is -0.669. The van der Waals surface area contributed by atoms with E-state index in [0.29, 0.717) is 9.92 Å². The summed E-state index contributed by atoms with van der Waals surface area (Å²) in [5, 5.41) is 14.2. The highest BCUT2D eigenvalue weighted by Gasteiger charge is 2.44. The molecule has 1 aliphatic rings. The Morgan fingerprint density at radius 3 is 2.52 bits per heavy atom. The van der Waals surface area contributed by atoms with Crippen LogP contribution in [0.4, 0.5) is 11.4 Å². The standard InChI is InChI=1S/C17H11Cl2N3O5/c1-8(15(23)20-12-6-5-9(18)7-11(12)19)21-16(24)10-3-2-4-13(22(26)27)14(10)17(21)25/h2-8H,1H3,(H,20,23)/t8-/m0/s1. The molecular formula is C17H11Cl2N3O5. The van der Waals surface area contributed by atoms with Gasteiger partial charge in [-0.1, -0.05) is 29.3 Å². The minimum Gasteiger partial charge on any atom is -0.323 e. The van der Waals surface area contributed by atoms with Crippen LogP contribution in [0.15, 0.2) is 36.4 Å². The van der Waals surface area contributed by atoms with Gasteiger partial charge in [-0.15, -0.1) is 0 Å². The molecule has 0 spiro atoms. The molecule has 10 heteroatoms. The van der Waals surface area contributed by atoms with Gasteiger partial charge in [0.15, 0.2) is 0 Å². The molecule has 1 N–H and O–H groups in total. The van der Waals surface area contributed by atoms with Crippen LogP contribution in [0, 0.1) is 10.1 Å². The van der Waals surface area contributed by atoms with Gasteiger partial charge in [0.25, 0.3) is 17.5 Å². The molecule has 2 aromatic carbocycles. The number of amides is 3. The minimum atomic E-state index is -1.22. The topological polar surface area (TPSA) is 110 Å². The minimum absolute atomic E-state index is 0.113. The summed E-state index contributed by atoms with van der Waals surface area (Å²) in [6, 6.07) is 6.94. The van der Waals surface area contributed by atoms with Gasteiger partial charge >= 0.3 is 0 Å². The van der Waals surface area contributed by atoms with E-state index >= 15 is 0 Å². The third-order valence-corrected chi connectivity index (χ3v) is 4.62. The number of imide groups is 1. The third-order valence-electron chi connectivity index (χ3n) is 4.08. The summed E-state index contributed by atoms with van der Waals surface area (Å²) in [4.78, 5) is 48.8. The van der Waals surface area contributed by atoms with E-state index in [2.05, 4.69) is 5.32 Å². The van der Waals surface area contributed by atoms with E-state index < -0.39 is 34.4 Å². The molecule has 1 heterocycles. The fraction of sp³-hybridized carbons (Fsp3) is 0.118. The van der Waals surface area contributed by atoms with Gasteiger partial charge < -0.3 is 5.32 Å². The van der Waals surface area contributed by atoms with E-state index in [1.807, 2.05) is 0 Å². The summed E-state index contributed by atoms with van der Waals surface area (Å²) < 4.78 is 0. The number of anilines is 1. The van der Waals surface area contributed by atoms with Gasteiger partial charge in [0, 0.05) is 11.1 Å². The molecule has 0 unspecified atom stereocenters. The van der Waals surface area contributed by atoms with Crippen molar-refractivity contribution < 1.29 is 19.3 Å². The second-order valence-corrected chi connectivity index (χ2v) is 6.57. The van der Waals surface area contributed by atoms with Crippen molar-refractivity contribution >= 4 is 52.3 Å². The van der Waals surface area contributed by atoms with Crippen LogP contribution in [0.2, 0.25) is 10.0 Å². The Kier molecular flexibility index (Phi) is 4.86. The number of hydrogen-bond acceptors (Lipinski definition) is 5. The highest BCUT2D eigenvalue weighted by atomic mass is 35.5. The number of carbonyl (C=O) groups is 3. The molecule has 0 bridgehead atoms. The van der Waals surface area contributed by atoms with Gasteiger partial charge in [0.2, 0.25) is 5.91 Å². The second-order valence-electron chi connectivity index (χ2n) is 5.73. The molecule has 1 aliphatic heterocycles. The molecule has 0 radical (unpaired) electrons. The highest BCUT2D eigenvalue weighted by Crippen LogP contribution is 2.32. The van der Waals surface area contributed by atoms with Crippen molar-refractivity contribution in [2.24, 2.45) is 0 Å². The number of carbonyl (C=O) groups excluding carboxylic acids is 3. The largest absolute Gasteiger partial charge is 0.323 e. The van der Waals surface area contributed by atoms with Gasteiger partial charge in [0.05, 0.1) is 21.2 Å². The zero-order valence-electron chi connectivity index (χ0n) is 13.7. The van der Waals surface area contributed by atoms with E-state index in [1.54, 1.807) is 0 Å². The number of halogens is 2. The number of rotatable bonds is 4. The number of benzene rings is 2. The summed E-state index contributed by atoms with van der Waals surface area (Å²) in [7, 11) is 0. The maximum atomic E-state index is 12.6. The Morgan fingerprint density at radius 1 is 1.19 bits per heavy atom. The number of nitrogens with one attached hydrogen (secondary N) is 1. The van der Waals surface area contributed by atoms with E-state index in [9.17, 15) is 24.5 Å². The first-order valence-corrected chi connectivity index (χ1v) is 8.39. The zero-order valence-corrected chi connectivity index (χ0v) is 15.2. The molecule has 0 saturated carbocycles. The van der Waals surface area contributed by atoms with Crippen molar-refractivity contribution in [3.8, 4) is 0 Å². The smallest absolute Gasteiger partial charge is 0.282 e. The lowest BCUT2D eigenvalue weighted by atomic mass is 10.1. The first-order valence-electron chi connectivity index (χ1n) is 7.63. The van der Waals surface area contributed by atoms with Crippen LogP contribution >= 0.6 is 23.2 Å². The SMILES string of the molecule is C[C@@H](C(=O)Nc1ccc(Cl)cc1Cl)N1C(=O)c2cccc([N+](=O)[O-])c2C1=O. The molecule has 8 nitrogen and oxygen atoms in total. The van der Waals surface area contributed by atoms with Crippen LogP contribution in [0.1, 0.15) is 27.6 Å². The molecule has 2 aromatic rings. The molecule has 0 aliphatic carbocycles. The average Bonchev–Trinajstić information content (AvgIpc) is 2.87. The maximum absolute atomic E-state index is 12.6. The fourth-order valence-electron chi connectivity index (χ4n) is 2.73. The van der Waals surface area contributed by atoms with Crippen LogP contribution in [0.3, 0.4) is 0 Å². The number of nitrogens with zero attached hydrogens (tertiary/aromatic N) is 2. The van der Waals surface area contributed by atoms with E-state index in [0.717, 1.165) is 6.07 Å². The Morgan fingerprint density at radius 2 is 1.89 bits per heavy atom. The van der Waals surface area contributed by atoms with Gasteiger partial charge in [0.1, 0.15) is 11.6 Å². The Bertz CT molecular complexity index is 1010. The van der Waals surface area contributed by atoms with Gasteiger partial charge in [-0.2, -0.15) is 0 Å². The van der Waals surface area contributed by atoms with Crippen molar-refractivity contribution in [2.45, 2.75) is 13.0 Å². The first-order chi connectivity index (χ1) is 12.7. The van der Waals surface area contributed by atoms with Gasteiger partial charge in [-0.05, 0) is 31.2 Å². The maximum Gasteiger partial charge on any atom is 0.282 e. The quantitative estimate of drug-likeness (QED) is 0.473. The fourth-order valence-corrected chi connectivity index (χ4v) is 3.19. The summed E-state index contributed by atoms with van der Waals surface area (Å²) in [6.45, 7) is 1.34. The predicted octanol–water partition coefficient (Wildman–Crippen LogP) is 3.52. The Hall–Kier alpha value is -2.97. The molecule has 3 amide bonds. The van der Waals surface area contributed by atoms with Crippen LogP contribution < -0.4 is 5.32 Å². The normalized spacial score (nSPS) is 14.1. The molecule has 138 valence electrons. The van der Waals surface area contributed by atoms with Crippen molar-refractivity contribution in [1.29, 1.82) is 0 Å². The van der Waals surface area contributed by atoms with Crippen LogP contribution in [0.25, 0.3) is 0 Å². The summed E-state index contributed by atoms with van der Waals surface area (Å²) in [5.74, 6) is -2.35. The molecule has 27 heavy (non-hydrogen) atoms. The van der Waals surface area contributed by atoms with Crippen molar-refractivity contribution in [2.75, 3.05) is 5.32 Å². The highest BCUT2D eigenvalue weighted by molar-refractivity contribution is 6.36. The first kappa shape index (κ1) is 18.8. The van der Waals surface area contributed by atoms with E-state index in [-0.39, 0.29) is 21.8 Å². The Balaban J connectivity index is 1.89. The third kappa shape index (κ3) is 3.24. The summed E-state index contributed by atoms with van der Waals surface area (Å²) >= 11 is 11.8. The van der Waals surface area contributed by atoms with E-state index in [4.69, 9.17) is 23.2 Å². The van der Waals surface area contributed by atoms with Crippen molar-refractivity contribution in [3.63, 3.8) is 0 Å². The van der Waals surface area contributed by atoms with Crippen LogP contribution in [-0.4, -0.2) is 33.6 Å². The number of hydrogen-bond donors (Lipinski definition) is 1. The molecular weight excluding hydrogens is 397 g/mol. The monoisotopic (exact) mass is 407 g/mol. The van der Waals surface area contributed by atoms with Crippen molar-refractivity contribution in [1.82, 2.24) is 4.90 Å². The van der Waals surface area contributed by atoms with E-state index in [1.165, 1.54) is 37.3 Å². The summed E-state index contributed by atoms with van der Waals surface area (Å²) in [6.07, 6.45) is 0. The lowest BCUT2D eigenvalue weighted by Crippen LogP contribution is -2.45. The lowest BCUT2D eigenvalue weighted by molar-refractivity contribution is -0.385. The van der Waals surface area contributed by atoms with Crippen molar-refractivity contribution in [3.05, 3.63) is 67.7 Å². The number of fused-ring (bicyclic) bond motifs is 1. The zero-order chi connectivity index (χ0) is 19.9. The average molecular weight is 408 g/mol. The molecule has 1 atom stereocenters. The van der Waals surface area contributed by atoms with Crippen LogP contribution in [-0.2, 0) is 4.79 Å². The number of nitro benzene ring substituents is 1. The predicted molar refractivity (Wildman–Crippen MR) is 98.2 cm³/mol. The lowest BCUT2D eigenvalue weighted by Gasteiger charge is -2.21. The van der Waals surface area contributed by atoms with Gasteiger partial charge in [-0.25, -0.2) is 0 Å². The Labute approximate surface area is 162 Å². The molecule has 3 rings (SSSR count). The molecule has 0 fully saturated rings.